The van der Waals surface area contributed by atoms with Gasteiger partial charge in [-0.15, -0.1) is 5.10 Å². The van der Waals surface area contributed by atoms with Crippen LogP contribution in [0.1, 0.15) is 6.42 Å². The molecule has 0 bridgehead atoms. The molecule has 5 heterocycles. The van der Waals surface area contributed by atoms with Crippen molar-refractivity contribution in [2.75, 3.05) is 32.6 Å². The van der Waals surface area contributed by atoms with Gasteiger partial charge in [-0.1, -0.05) is 0 Å². The average molecular weight is 395 g/mol. The Morgan fingerprint density at radius 2 is 2.14 bits per heavy atom. The third kappa shape index (κ3) is 3.17. The number of hydrogen-bond acceptors (Lipinski definition) is 6. The number of rotatable bonds is 4. The Labute approximate surface area is 166 Å². The van der Waals surface area contributed by atoms with Crippen molar-refractivity contribution in [3.63, 3.8) is 0 Å². The Morgan fingerprint density at radius 3 is 2.97 bits per heavy atom. The molecule has 5 rings (SSSR count). The van der Waals surface area contributed by atoms with E-state index in [2.05, 4.69) is 20.4 Å². The zero-order valence-electron chi connectivity index (χ0n) is 16.3. The van der Waals surface area contributed by atoms with Crippen LogP contribution in [-0.4, -0.2) is 68.3 Å². The first-order valence-electron chi connectivity index (χ1n) is 9.58. The number of aromatic nitrogens is 5. The van der Waals surface area contributed by atoms with Gasteiger partial charge in [0.15, 0.2) is 0 Å². The first-order chi connectivity index (χ1) is 14.1. The lowest BCUT2D eigenvalue weighted by molar-refractivity contribution is 0.149. The molecule has 0 radical (unpaired) electrons. The second-order valence-electron chi connectivity index (χ2n) is 7.40. The molecular formula is C20H22FN7O. The lowest BCUT2D eigenvalue weighted by atomic mass is 10.0. The van der Waals surface area contributed by atoms with Gasteiger partial charge in [-0.2, -0.15) is 4.98 Å². The fourth-order valence-electron chi connectivity index (χ4n) is 3.89. The monoisotopic (exact) mass is 395 g/mol. The number of anilines is 1. The normalized spacial score (nSPS) is 20.4. The van der Waals surface area contributed by atoms with Crippen molar-refractivity contribution in [2.24, 2.45) is 0 Å². The number of pyridine rings is 1. The fraction of sp³-hybridized carbons (Fsp3) is 0.350. The molecule has 1 N–H and O–H groups in total. The van der Waals surface area contributed by atoms with Gasteiger partial charge in [0.25, 0.3) is 0 Å². The molecular weight excluding hydrogens is 373 g/mol. The first kappa shape index (κ1) is 17.9. The summed E-state index contributed by atoms with van der Waals surface area (Å²) < 4.78 is 23.7. The van der Waals surface area contributed by atoms with Gasteiger partial charge in [0.1, 0.15) is 17.3 Å². The molecule has 0 spiro atoms. The second-order valence-corrected chi connectivity index (χ2v) is 7.40. The highest BCUT2D eigenvalue weighted by molar-refractivity contribution is 5.84. The average Bonchev–Trinajstić information content (AvgIpc) is 3.35. The van der Waals surface area contributed by atoms with Gasteiger partial charge in [-0.25, -0.2) is 13.9 Å². The number of likely N-dealkylation sites (tertiary alicyclic amines) is 1. The number of halogens is 1. The van der Waals surface area contributed by atoms with Crippen molar-refractivity contribution in [3.05, 3.63) is 43.0 Å². The van der Waals surface area contributed by atoms with Crippen molar-refractivity contribution < 1.29 is 9.13 Å². The number of methoxy groups -OCH3 is 1. The van der Waals surface area contributed by atoms with Crippen molar-refractivity contribution >= 4 is 17.1 Å². The minimum atomic E-state index is -0.971. The number of nitrogens with one attached hydrogen (secondary N) is 1. The van der Waals surface area contributed by atoms with Crippen molar-refractivity contribution in [1.82, 2.24) is 28.9 Å². The van der Waals surface area contributed by atoms with Crippen LogP contribution in [0.5, 0.6) is 5.88 Å². The van der Waals surface area contributed by atoms with Crippen LogP contribution in [0.3, 0.4) is 0 Å². The van der Waals surface area contributed by atoms with Crippen LogP contribution < -0.4 is 10.1 Å². The predicted octanol–water partition coefficient (Wildman–Crippen LogP) is 2.51. The van der Waals surface area contributed by atoms with E-state index in [1.165, 1.54) is 0 Å². The highest BCUT2D eigenvalue weighted by Crippen LogP contribution is 2.31. The molecule has 4 aromatic rings. The van der Waals surface area contributed by atoms with Crippen LogP contribution >= 0.6 is 0 Å². The number of imidazole rings is 1. The van der Waals surface area contributed by atoms with Gasteiger partial charge in [0.05, 0.1) is 13.2 Å². The van der Waals surface area contributed by atoms with E-state index in [1.807, 2.05) is 53.1 Å². The summed E-state index contributed by atoms with van der Waals surface area (Å²) in [5.41, 5.74) is 3.59. The van der Waals surface area contributed by atoms with E-state index in [0.717, 1.165) is 28.8 Å². The summed E-state index contributed by atoms with van der Waals surface area (Å²) in [4.78, 5) is 10.8. The molecule has 8 nitrogen and oxygen atoms in total. The summed E-state index contributed by atoms with van der Waals surface area (Å²) in [5.74, 6) is 0.801. The number of nitrogens with zero attached hydrogens (tertiary/aromatic N) is 6. The molecule has 1 aliphatic rings. The zero-order valence-corrected chi connectivity index (χ0v) is 16.3. The molecule has 150 valence electrons. The van der Waals surface area contributed by atoms with Crippen molar-refractivity contribution in [3.8, 4) is 17.0 Å². The van der Waals surface area contributed by atoms with Gasteiger partial charge in [-0.3, -0.25) is 0 Å². The fourth-order valence-corrected chi connectivity index (χ4v) is 3.89. The maximum absolute atomic E-state index is 14.4. The lowest BCUT2D eigenvalue weighted by Crippen LogP contribution is -2.46. The summed E-state index contributed by atoms with van der Waals surface area (Å²) in [6.45, 7) is 1.24. The predicted molar refractivity (Wildman–Crippen MR) is 108 cm³/mol. The number of hydrogen-bond donors (Lipinski definition) is 1. The summed E-state index contributed by atoms with van der Waals surface area (Å²) >= 11 is 0. The van der Waals surface area contributed by atoms with E-state index in [4.69, 9.17) is 4.74 Å². The van der Waals surface area contributed by atoms with E-state index in [9.17, 15) is 4.39 Å². The van der Waals surface area contributed by atoms with Crippen LogP contribution in [0.2, 0.25) is 0 Å². The standard InChI is InChI=1S/C20H22FN7O/c1-26-8-6-16(15(21)12-26)23-20-24-19(29-2)18-14(5-9-28(18)25-20)13-3-4-17-22-7-10-27(17)11-13/h3-5,7,9-11,15-16H,6,8,12H2,1-2H3,(H,23,25)/t15-,16-/m1/s1. The number of alkyl halides is 1. The highest BCUT2D eigenvalue weighted by atomic mass is 19.1. The molecule has 0 aromatic carbocycles. The van der Waals surface area contributed by atoms with E-state index < -0.39 is 6.17 Å². The van der Waals surface area contributed by atoms with E-state index in [1.54, 1.807) is 17.8 Å². The molecule has 0 aliphatic carbocycles. The lowest BCUT2D eigenvalue weighted by Gasteiger charge is -2.32. The molecule has 2 atom stereocenters. The van der Waals surface area contributed by atoms with Gasteiger partial charge >= 0.3 is 0 Å². The van der Waals surface area contributed by atoms with Crippen LogP contribution in [-0.2, 0) is 0 Å². The Morgan fingerprint density at radius 1 is 1.24 bits per heavy atom. The Balaban J connectivity index is 1.52. The van der Waals surface area contributed by atoms with Crippen LogP contribution in [0.15, 0.2) is 43.0 Å². The van der Waals surface area contributed by atoms with Crippen molar-refractivity contribution in [1.29, 1.82) is 0 Å². The molecule has 0 saturated carbocycles. The summed E-state index contributed by atoms with van der Waals surface area (Å²) in [5, 5.41) is 7.70. The van der Waals surface area contributed by atoms with Crippen LogP contribution in [0.25, 0.3) is 22.3 Å². The zero-order chi connectivity index (χ0) is 20.0. The molecule has 29 heavy (non-hydrogen) atoms. The third-order valence-electron chi connectivity index (χ3n) is 5.43. The second kappa shape index (κ2) is 7.00. The summed E-state index contributed by atoms with van der Waals surface area (Å²) in [6.07, 6.45) is 7.27. The number of fused-ring (bicyclic) bond motifs is 2. The smallest absolute Gasteiger partial charge is 0.244 e. The summed E-state index contributed by atoms with van der Waals surface area (Å²) in [6, 6.07) is 5.63. The maximum atomic E-state index is 14.4. The van der Waals surface area contributed by atoms with Gasteiger partial charge in [-0.05, 0) is 31.7 Å². The first-order valence-corrected chi connectivity index (χ1v) is 9.58. The Hall–Kier alpha value is -3.20. The maximum Gasteiger partial charge on any atom is 0.244 e. The number of piperidine rings is 1. The van der Waals surface area contributed by atoms with E-state index >= 15 is 0 Å². The van der Waals surface area contributed by atoms with Gasteiger partial charge in [0.2, 0.25) is 11.8 Å². The molecule has 1 fully saturated rings. The van der Waals surface area contributed by atoms with Crippen molar-refractivity contribution in [2.45, 2.75) is 18.6 Å². The Kier molecular flexibility index (Phi) is 4.31. The quantitative estimate of drug-likeness (QED) is 0.573. The summed E-state index contributed by atoms with van der Waals surface area (Å²) in [7, 11) is 3.51. The topological polar surface area (TPSA) is 72.0 Å². The highest BCUT2D eigenvalue weighted by Gasteiger charge is 2.28. The number of ether oxygens (including phenoxy) is 1. The molecule has 4 aromatic heterocycles. The van der Waals surface area contributed by atoms with Gasteiger partial charge < -0.3 is 19.4 Å². The molecule has 0 amide bonds. The SMILES string of the molecule is COc1nc(N[C@@H]2CCN(C)C[C@H]2F)nn2ccc(-c3ccc4nccn4c3)c12. The van der Waals surface area contributed by atoms with Crippen LogP contribution in [0.4, 0.5) is 10.3 Å². The minimum absolute atomic E-state index is 0.313. The largest absolute Gasteiger partial charge is 0.479 e. The molecule has 9 heteroatoms. The van der Waals surface area contributed by atoms with Gasteiger partial charge in [0, 0.05) is 49.0 Å². The molecule has 1 aliphatic heterocycles. The van der Waals surface area contributed by atoms with Crippen LogP contribution in [0, 0.1) is 0 Å². The third-order valence-corrected chi connectivity index (χ3v) is 5.43. The Bertz CT molecular complexity index is 1170. The van der Waals surface area contributed by atoms with E-state index in [0.29, 0.717) is 24.8 Å². The minimum Gasteiger partial charge on any atom is -0.479 e. The molecule has 1 saturated heterocycles. The van der Waals surface area contributed by atoms with E-state index in [-0.39, 0.29) is 6.04 Å². The molecule has 0 unspecified atom stereocenters.